The molecule has 1 atom stereocenters. The molecule has 30 heavy (non-hydrogen) atoms. The van der Waals surface area contributed by atoms with Crippen LogP contribution in [-0.2, 0) is 0 Å². The van der Waals surface area contributed by atoms with Crippen LogP contribution >= 0.6 is 11.8 Å². The van der Waals surface area contributed by atoms with Crippen LogP contribution in [0, 0.1) is 10.1 Å². The monoisotopic (exact) mass is 425 g/mol. The fourth-order valence-corrected chi connectivity index (χ4v) is 3.70. The maximum Gasteiger partial charge on any atom is 0.433 e. The van der Waals surface area contributed by atoms with Crippen molar-refractivity contribution < 1.29 is 14.1 Å². The summed E-state index contributed by atoms with van der Waals surface area (Å²) in [5.41, 5.74) is 2.21. The van der Waals surface area contributed by atoms with Gasteiger partial charge < -0.3 is 14.5 Å². The first-order valence-corrected chi connectivity index (χ1v) is 10.4. The number of ether oxygens (including phenoxy) is 1. The van der Waals surface area contributed by atoms with Crippen molar-refractivity contribution in [3.05, 3.63) is 58.3 Å². The number of hydrogen-bond acceptors (Lipinski definition) is 9. The Morgan fingerprint density at radius 2 is 2.13 bits per heavy atom. The highest BCUT2D eigenvalue weighted by atomic mass is 32.2. The Morgan fingerprint density at radius 3 is 2.93 bits per heavy atom. The van der Waals surface area contributed by atoms with E-state index in [4.69, 9.17) is 9.15 Å². The van der Waals surface area contributed by atoms with Crippen molar-refractivity contribution in [2.24, 2.45) is 0 Å². The second-order valence-corrected chi connectivity index (χ2v) is 7.53. The topological polar surface area (TPSA) is 116 Å². The minimum Gasteiger partial charge on any atom is -0.448 e. The van der Waals surface area contributed by atoms with Crippen LogP contribution in [0.1, 0.15) is 25.5 Å². The lowest BCUT2D eigenvalue weighted by atomic mass is 10.1. The first kappa shape index (κ1) is 19.9. The number of nitro groups is 1. The molecule has 1 aliphatic heterocycles. The van der Waals surface area contributed by atoms with Gasteiger partial charge in [-0.2, -0.15) is 4.98 Å². The van der Waals surface area contributed by atoms with Crippen LogP contribution in [0.4, 0.5) is 11.6 Å². The van der Waals surface area contributed by atoms with Crippen molar-refractivity contribution in [1.29, 1.82) is 0 Å². The summed E-state index contributed by atoms with van der Waals surface area (Å²) in [6, 6.07) is 10.5. The number of fused-ring (bicyclic) bond motifs is 3. The van der Waals surface area contributed by atoms with E-state index in [2.05, 4.69) is 27.4 Å². The van der Waals surface area contributed by atoms with Crippen LogP contribution in [0.2, 0.25) is 0 Å². The summed E-state index contributed by atoms with van der Waals surface area (Å²) >= 11 is 1.54. The van der Waals surface area contributed by atoms with Gasteiger partial charge in [-0.1, -0.05) is 43.3 Å². The van der Waals surface area contributed by atoms with E-state index in [1.54, 1.807) is 23.9 Å². The van der Waals surface area contributed by atoms with Gasteiger partial charge in [-0.05, 0) is 30.7 Å². The van der Waals surface area contributed by atoms with Crippen LogP contribution in [0.5, 0.6) is 5.88 Å². The Morgan fingerprint density at radius 1 is 1.27 bits per heavy atom. The lowest BCUT2D eigenvalue weighted by Crippen LogP contribution is -2.23. The summed E-state index contributed by atoms with van der Waals surface area (Å²) in [6.07, 6.45) is 4.90. The molecule has 3 aromatic rings. The van der Waals surface area contributed by atoms with E-state index in [9.17, 15) is 10.1 Å². The highest BCUT2D eigenvalue weighted by molar-refractivity contribution is 7.99. The van der Waals surface area contributed by atoms with E-state index in [0.29, 0.717) is 22.5 Å². The fourth-order valence-electron chi connectivity index (χ4n) is 2.84. The molecule has 0 spiro atoms. The standard InChI is InChI=1S/C20H19N5O4S/c1-2-3-12-30-20-22-19-18(23-24-20)14-6-4-5-7-15(14)21-16(29-19)10-8-13-9-11-17(28-13)25(26)27/h4-11,16,21H,2-3,12H2,1H3/b10-8+/t16-/m1/s1. The zero-order valence-corrected chi connectivity index (χ0v) is 17.0. The third-order valence-corrected chi connectivity index (χ3v) is 5.23. The van der Waals surface area contributed by atoms with Gasteiger partial charge in [0.15, 0.2) is 11.9 Å². The van der Waals surface area contributed by atoms with Crippen molar-refractivity contribution in [1.82, 2.24) is 15.2 Å². The van der Waals surface area contributed by atoms with Gasteiger partial charge in [0.2, 0.25) is 11.0 Å². The van der Waals surface area contributed by atoms with Gasteiger partial charge in [0.05, 0.1) is 6.07 Å². The van der Waals surface area contributed by atoms with Crippen molar-refractivity contribution >= 4 is 29.4 Å². The minimum atomic E-state index is -0.582. The summed E-state index contributed by atoms with van der Waals surface area (Å²) in [7, 11) is 0. The summed E-state index contributed by atoms with van der Waals surface area (Å²) in [4.78, 5) is 14.8. The molecule has 0 amide bonds. The largest absolute Gasteiger partial charge is 0.448 e. The molecule has 0 radical (unpaired) electrons. The zero-order chi connectivity index (χ0) is 20.9. The smallest absolute Gasteiger partial charge is 0.433 e. The molecule has 0 aliphatic carbocycles. The predicted octanol–water partition coefficient (Wildman–Crippen LogP) is 4.78. The first-order chi connectivity index (χ1) is 14.6. The third-order valence-electron chi connectivity index (χ3n) is 4.31. The molecule has 3 heterocycles. The second kappa shape index (κ2) is 8.95. The van der Waals surface area contributed by atoms with Gasteiger partial charge in [0.1, 0.15) is 10.7 Å². The number of furan rings is 1. The van der Waals surface area contributed by atoms with Crippen LogP contribution < -0.4 is 10.1 Å². The molecule has 0 fully saturated rings. The number of hydrogen-bond donors (Lipinski definition) is 1. The van der Waals surface area contributed by atoms with E-state index in [1.165, 1.54) is 12.1 Å². The maximum atomic E-state index is 10.8. The Balaban J connectivity index is 1.62. The molecule has 0 saturated heterocycles. The van der Waals surface area contributed by atoms with E-state index in [1.807, 2.05) is 24.3 Å². The molecular formula is C20H19N5O4S. The summed E-state index contributed by atoms with van der Waals surface area (Å²) in [5, 5.41) is 23.2. The SMILES string of the molecule is CCCCSc1nnc2c(n1)O[C@H](/C=C/c1ccc([N+](=O)[O-])o1)Nc1ccccc1-2. The second-order valence-electron chi connectivity index (χ2n) is 6.47. The molecule has 0 saturated carbocycles. The number of unbranched alkanes of at least 4 members (excludes halogenated alkanes) is 1. The number of para-hydroxylation sites is 1. The quantitative estimate of drug-likeness (QED) is 0.247. The zero-order valence-electron chi connectivity index (χ0n) is 16.1. The van der Waals surface area contributed by atoms with E-state index < -0.39 is 11.2 Å². The average molecular weight is 425 g/mol. The van der Waals surface area contributed by atoms with Crippen LogP contribution in [0.25, 0.3) is 17.3 Å². The highest BCUT2D eigenvalue weighted by Crippen LogP contribution is 2.36. The van der Waals surface area contributed by atoms with Gasteiger partial charge in [-0.3, -0.25) is 10.1 Å². The predicted molar refractivity (Wildman–Crippen MR) is 113 cm³/mol. The molecule has 9 nitrogen and oxygen atoms in total. The molecule has 1 aliphatic rings. The van der Waals surface area contributed by atoms with Gasteiger partial charge >= 0.3 is 5.88 Å². The normalized spacial score (nSPS) is 15.0. The number of thioether (sulfide) groups is 1. The summed E-state index contributed by atoms with van der Waals surface area (Å²) in [5.74, 6) is 1.32. The van der Waals surface area contributed by atoms with E-state index >= 15 is 0 Å². The molecule has 1 N–H and O–H groups in total. The number of aromatic nitrogens is 3. The fraction of sp³-hybridized carbons (Fsp3) is 0.250. The van der Waals surface area contributed by atoms with Crippen molar-refractivity contribution in [2.45, 2.75) is 31.1 Å². The van der Waals surface area contributed by atoms with E-state index in [-0.39, 0.29) is 5.88 Å². The van der Waals surface area contributed by atoms with Crippen LogP contribution in [0.3, 0.4) is 0 Å². The number of rotatable bonds is 7. The number of benzene rings is 1. The first-order valence-electron chi connectivity index (χ1n) is 9.46. The Labute approximate surface area is 176 Å². The van der Waals surface area contributed by atoms with Gasteiger partial charge in [-0.15, -0.1) is 10.2 Å². The van der Waals surface area contributed by atoms with Gasteiger partial charge in [0.25, 0.3) is 0 Å². The van der Waals surface area contributed by atoms with Crippen molar-refractivity contribution in [3.63, 3.8) is 0 Å². The molecule has 154 valence electrons. The van der Waals surface area contributed by atoms with Crippen LogP contribution in [-0.4, -0.2) is 32.1 Å². The number of anilines is 1. The summed E-state index contributed by atoms with van der Waals surface area (Å²) < 4.78 is 11.2. The Kier molecular flexibility index (Phi) is 5.94. The molecule has 2 aromatic heterocycles. The molecule has 0 bridgehead atoms. The van der Waals surface area contributed by atoms with Crippen LogP contribution in [0.15, 0.2) is 52.0 Å². The molecule has 1 aromatic carbocycles. The van der Waals surface area contributed by atoms with E-state index in [0.717, 1.165) is 29.8 Å². The minimum absolute atomic E-state index is 0.314. The average Bonchev–Trinajstić information content (AvgIpc) is 3.16. The lowest BCUT2D eigenvalue weighted by molar-refractivity contribution is -0.402. The molecule has 4 rings (SSSR count). The molecule has 0 unspecified atom stereocenters. The number of nitrogens with one attached hydrogen (secondary N) is 1. The van der Waals surface area contributed by atoms with Gasteiger partial charge in [0, 0.05) is 17.0 Å². The Hall–Kier alpha value is -3.40. The molecule has 10 heteroatoms. The van der Waals surface area contributed by atoms with Crippen molar-refractivity contribution in [2.75, 3.05) is 11.1 Å². The third kappa shape index (κ3) is 4.43. The number of nitrogens with zero attached hydrogens (tertiary/aromatic N) is 4. The van der Waals surface area contributed by atoms with Crippen molar-refractivity contribution in [3.8, 4) is 17.1 Å². The maximum absolute atomic E-state index is 10.8. The highest BCUT2D eigenvalue weighted by Gasteiger charge is 2.23. The summed E-state index contributed by atoms with van der Waals surface area (Å²) in [6.45, 7) is 2.13. The van der Waals surface area contributed by atoms with Gasteiger partial charge in [-0.25, -0.2) is 0 Å². The Bertz CT molecular complexity index is 1080. The molecular weight excluding hydrogens is 406 g/mol. The lowest BCUT2D eigenvalue weighted by Gasteiger charge is -2.15.